The number of hydrogen-bond acceptors (Lipinski definition) is 4. The molecule has 20 heavy (non-hydrogen) atoms. The van der Waals surface area contributed by atoms with Gasteiger partial charge in [-0.1, -0.05) is 19.1 Å². The van der Waals surface area contributed by atoms with Crippen molar-refractivity contribution in [2.75, 3.05) is 18.1 Å². The molecule has 0 bridgehead atoms. The van der Waals surface area contributed by atoms with Gasteiger partial charge in [-0.15, -0.1) is 0 Å². The zero-order valence-corrected chi connectivity index (χ0v) is 12.4. The minimum absolute atomic E-state index is 0.123. The summed E-state index contributed by atoms with van der Waals surface area (Å²) in [4.78, 5) is 10.1. The Morgan fingerprint density at radius 3 is 2.85 bits per heavy atom. The lowest BCUT2D eigenvalue weighted by molar-refractivity contribution is 0.210. The Bertz CT molecular complexity index is 675. The molecular formula is C14H19N3O2S. The molecule has 1 aliphatic rings. The van der Waals surface area contributed by atoms with Crippen LogP contribution in [0.4, 0.5) is 0 Å². The summed E-state index contributed by atoms with van der Waals surface area (Å²) in [7, 11) is -2.84. The molecule has 0 unspecified atom stereocenters. The van der Waals surface area contributed by atoms with Gasteiger partial charge >= 0.3 is 0 Å². The molecule has 2 heterocycles. The predicted octanol–water partition coefficient (Wildman–Crippen LogP) is 1.57. The Labute approximate surface area is 118 Å². The van der Waals surface area contributed by atoms with Crippen molar-refractivity contribution in [1.82, 2.24) is 14.9 Å². The van der Waals surface area contributed by atoms with Crippen LogP contribution in [0.15, 0.2) is 24.3 Å². The molecule has 2 aromatic rings. The molecule has 5 nitrogen and oxygen atoms in total. The van der Waals surface area contributed by atoms with E-state index in [-0.39, 0.29) is 11.8 Å². The first-order chi connectivity index (χ1) is 9.57. The second kappa shape index (κ2) is 5.18. The molecule has 0 aliphatic carbocycles. The van der Waals surface area contributed by atoms with Gasteiger partial charge in [-0.2, -0.15) is 0 Å². The predicted molar refractivity (Wildman–Crippen MR) is 79.2 cm³/mol. The van der Waals surface area contributed by atoms with Crippen molar-refractivity contribution >= 4 is 20.9 Å². The summed E-state index contributed by atoms with van der Waals surface area (Å²) in [5.74, 6) is 1.49. The molecule has 1 aromatic heterocycles. The number of aromatic amines is 1. The average Bonchev–Trinajstić information content (AvgIpc) is 2.98. The highest BCUT2D eigenvalue weighted by molar-refractivity contribution is 7.91. The number of imidazole rings is 1. The third-order valence-electron chi connectivity index (χ3n) is 3.92. The van der Waals surface area contributed by atoms with E-state index < -0.39 is 9.84 Å². The van der Waals surface area contributed by atoms with E-state index in [9.17, 15) is 8.42 Å². The molecular weight excluding hydrogens is 274 g/mol. The molecule has 1 aliphatic heterocycles. The number of rotatable bonds is 4. The number of fused-ring (bicyclic) bond motifs is 1. The van der Waals surface area contributed by atoms with Crippen LogP contribution in [0, 0.1) is 0 Å². The van der Waals surface area contributed by atoms with Crippen LogP contribution in [0.5, 0.6) is 0 Å². The summed E-state index contributed by atoms with van der Waals surface area (Å²) in [6.45, 7) is 3.57. The molecule has 0 spiro atoms. The van der Waals surface area contributed by atoms with E-state index in [1.165, 1.54) is 0 Å². The summed E-state index contributed by atoms with van der Waals surface area (Å²) < 4.78 is 23.2. The van der Waals surface area contributed by atoms with Gasteiger partial charge in [0.25, 0.3) is 0 Å². The normalized spacial score (nSPS) is 21.8. The van der Waals surface area contributed by atoms with E-state index >= 15 is 0 Å². The number of nitrogens with zero attached hydrogens (tertiary/aromatic N) is 2. The lowest BCUT2D eigenvalue weighted by Crippen LogP contribution is -2.35. The van der Waals surface area contributed by atoms with Gasteiger partial charge < -0.3 is 4.98 Å². The molecule has 1 atom stereocenters. The zero-order valence-electron chi connectivity index (χ0n) is 11.5. The van der Waals surface area contributed by atoms with Crippen molar-refractivity contribution in [2.24, 2.45) is 0 Å². The van der Waals surface area contributed by atoms with E-state index in [1.807, 2.05) is 24.3 Å². The first-order valence-corrected chi connectivity index (χ1v) is 8.77. The number of sulfone groups is 1. The summed E-state index contributed by atoms with van der Waals surface area (Å²) in [5, 5.41) is 0. The maximum atomic E-state index is 11.6. The van der Waals surface area contributed by atoms with E-state index in [0.29, 0.717) is 12.3 Å². The lowest BCUT2D eigenvalue weighted by Gasteiger charge is -2.25. The Balaban J connectivity index is 1.77. The smallest absolute Gasteiger partial charge is 0.151 e. The summed E-state index contributed by atoms with van der Waals surface area (Å²) in [5.41, 5.74) is 1.98. The number of H-pyrrole nitrogens is 1. The van der Waals surface area contributed by atoms with Crippen molar-refractivity contribution in [3.63, 3.8) is 0 Å². The van der Waals surface area contributed by atoms with Crippen molar-refractivity contribution in [3.8, 4) is 0 Å². The van der Waals surface area contributed by atoms with E-state index in [2.05, 4.69) is 21.8 Å². The van der Waals surface area contributed by atoms with E-state index in [1.54, 1.807) is 0 Å². The van der Waals surface area contributed by atoms with Gasteiger partial charge in [-0.05, 0) is 25.1 Å². The van der Waals surface area contributed by atoms with Gasteiger partial charge in [0.2, 0.25) is 0 Å². The minimum atomic E-state index is -2.84. The summed E-state index contributed by atoms with van der Waals surface area (Å²) >= 11 is 0. The quantitative estimate of drug-likeness (QED) is 0.929. The lowest BCUT2D eigenvalue weighted by atomic mass is 10.2. The molecule has 108 valence electrons. The Kier molecular flexibility index (Phi) is 3.52. The highest BCUT2D eigenvalue weighted by Gasteiger charge is 2.31. The standard InChI is InChI=1S/C14H19N3O2S/c1-2-17(11-7-8-20(18,19)10-11)9-14-15-12-5-3-4-6-13(12)16-14/h3-6,11H,2,7-10H2,1H3,(H,15,16)/t11-/m0/s1. The van der Waals surface area contributed by atoms with Crippen molar-refractivity contribution in [1.29, 1.82) is 0 Å². The van der Waals surface area contributed by atoms with Crippen LogP contribution in [-0.4, -0.2) is 47.4 Å². The molecule has 1 N–H and O–H groups in total. The zero-order chi connectivity index (χ0) is 14.2. The fourth-order valence-electron chi connectivity index (χ4n) is 2.84. The number of benzene rings is 1. The molecule has 0 amide bonds. The van der Waals surface area contributed by atoms with Crippen LogP contribution in [0.25, 0.3) is 11.0 Å². The second-order valence-electron chi connectivity index (χ2n) is 5.32. The summed E-state index contributed by atoms with van der Waals surface area (Å²) in [6.07, 6.45) is 0.733. The van der Waals surface area contributed by atoms with Gasteiger partial charge in [-0.25, -0.2) is 13.4 Å². The van der Waals surface area contributed by atoms with Crippen LogP contribution in [0.2, 0.25) is 0 Å². The fraction of sp³-hybridized carbons (Fsp3) is 0.500. The van der Waals surface area contributed by atoms with Crippen LogP contribution in [0.3, 0.4) is 0 Å². The van der Waals surface area contributed by atoms with Crippen molar-refractivity contribution < 1.29 is 8.42 Å². The highest BCUT2D eigenvalue weighted by Crippen LogP contribution is 2.20. The molecule has 1 aromatic carbocycles. The second-order valence-corrected chi connectivity index (χ2v) is 7.55. The van der Waals surface area contributed by atoms with Crippen LogP contribution in [0.1, 0.15) is 19.2 Å². The van der Waals surface area contributed by atoms with Crippen molar-refractivity contribution in [3.05, 3.63) is 30.1 Å². The van der Waals surface area contributed by atoms with Gasteiger partial charge in [0.05, 0.1) is 29.1 Å². The van der Waals surface area contributed by atoms with Gasteiger partial charge in [0.15, 0.2) is 9.84 Å². The Hall–Kier alpha value is -1.40. The third kappa shape index (κ3) is 2.71. The Morgan fingerprint density at radius 1 is 1.40 bits per heavy atom. The molecule has 1 fully saturated rings. The van der Waals surface area contributed by atoms with Crippen molar-refractivity contribution in [2.45, 2.75) is 25.9 Å². The number of aromatic nitrogens is 2. The average molecular weight is 293 g/mol. The first kappa shape index (κ1) is 13.6. The first-order valence-electron chi connectivity index (χ1n) is 6.95. The minimum Gasteiger partial charge on any atom is -0.341 e. The molecule has 6 heteroatoms. The maximum absolute atomic E-state index is 11.6. The number of hydrogen-bond donors (Lipinski definition) is 1. The monoisotopic (exact) mass is 293 g/mol. The summed E-state index contributed by atoms with van der Waals surface area (Å²) in [6, 6.07) is 8.05. The molecule has 0 radical (unpaired) electrons. The highest BCUT2D eigenvalue weighted by atomic mass is 32.2. The molecule has 3 rings (SSSR count). The van der Waals surface area contributed by atoms with Gasteiger partial charge in [0.1, 0.15) is 5.82 Å². The largest absolute Gasteiger partial charge is 0.341 e. The molecule has 1 saturated heterocycles. The van der Waals surface area contributed by atoms with Gasteiger partial charge in [0, 0.05) is 6.04 Å². The maximum Gasteiger partial charge on any atom is 0.151 e. The van der Waals surface area contributed by atoms with E-state index in [4.69, 9.17) is 0 Å². The third-order valence-corrected chi connectivity index (χ3v) is 5.67. The number of para-hydroxylation sites is 2. The number of nitrogens with one attached hydrogen (secondary N) is 1. The fourth-order valence-corrected chi connectivity index (χ4v) is 4.60. The topological polar surface area (TPSA) is 66.1 Å². The van der Waals surface area contributed by atoms with Crippen LogP contribution >= 0.6 is 0 Å². The van der Waals surface area contributed by atoms with E-state index in [0.717, 1.165) is 29.8 Å². The SMILES string of the molecule is CCN(Cc1nc2ccccc2[nH]1)[C@H]1CCS(=O)(=O)C1. The van der Waals surface area contributed by atoms with Gasteiger partial charge in [-0.3, -0.25) is 4.90 Å². The van der Waals surface area contributed by atoms with Crippen LogP contribution in [-0.2, 0) is 16.4 Å². The molecule has 0 saturated carbocycles. The van der Waals surface area contributed by atoms with Crippen LogP contribution < -0.4 is 0 Å². The Morgan fingerprint density at radius 2 is 2.20 bits per heavy atom.